The van der Waals surface area contributed by atoms with Crippen LogP contribution < -0.4 is 5.32 Å². The minimum Gasteiger partial charge on any atom is -0.445 e. The van der Waals surface area contributed by atoms with Gasteiger partial charge in [0.2, 0.25) is 0 Å². The number of likely N-dealkylation sites (tertiary alicyclic amines) is 1. The highest BCUT2D eigenvalue weighted by molar-refractivity contribution is 6.72. The van der Waals surface area contributed by atoms with E-state index >= 15 is 0 Å². The predicted octanol–water partition coefficient (Wildman–Crippen LogP) is 4.91. The van der Waals surface area contributed by atoms with Crippen LogP contribution in [-0.2, 0) is 16.1 Å². The first kappa shape index (κ1) is 26.2. The maximum Gasteiger partial charge on any atom is 0.410 e. The van der Waals surface area contributed by atoms with Gasteiger partial charge >= 0.3 is 12.2 Å². The molecule has 7 nitrogen and oxygen atoms in total. The molecule has 2 amide bonds. The number of nitrogens with zero attached hydrogens (tertiary/aromatic N) is 1. The van der Waals surface area contributed by atoms with E-state index in [1.807, 2.05) is 64.2 Å². The highest BCUT2D eigenvalue weighted by Crippen LogP contribution is 2.43. The van der Waals surface area contributed by atoms with E-state index in [4.69, 9.17) is 9.47 Å². The van der Waals surface area contributed by atoms with Gasteiger partial charge in [-0.05, 0) is 63.2 Å². The lowest BCUT2D eigenvalue weighted by molar-refractivity contribution is 0.0378. The first-order chi connectivity index (χ1) is 14.7. The van der Waals surface area contributed by atoms with E-state index < -0.39 is 20.0 Å². The van der Waals surface area contributed by atoms with Crippen molar-refractivity contribution in [1.82, 2.24) is 10.2 Å². The molecule has 0 spiro atoms. The van der Waals surface area contributed by atoms with E-state index in [0.717, 1.165) is 18.4 Å². The summed E-state index contributed by atoms with van der Waals surface area (Å²) in [6.07, 6.45) is 0.593. The molecule has 2 rings (SSSR count). The second-order valence-electron chi connectivity index (χ2n) is 10.9. The third-order valence-corrected chi connectivity index (χ3v) is 9.87. The molecule has 0 radical (unpaired) electrons. The van der Waals surface area contributed by atoms with Crippen molar-refractivity contribution in [2.45, 2.75) is 83.8 Å². The summed E-state index contributed by atoms with van der Waals surface area (Å²) in [5.41, 5.74) is 0.318. The van der Waals surface area contributed by atoms with Crippen LogP contribution in [-0.4, -0.2) is 54.9 Å². The number of benzene rings is 1. The largest absolute Gasteiger partial charge is 0.445 e. The standard InChI is InChI=1S/C24H40N2O5Si/c1-23(2,3)31-21(27)25-20-16-26(22(28)30-17-18-11-9-8-10-12-18)14-13-19(20)15-24(4,5)32(6,7)29/h8-12,19-20,29H,13-17H2,1-7H3,(H,25,27)/t19-,20?/m1/s1. The fourth-order valence-electron chi connectivity index (χ4n) is 3.75. The van der Waals surface area contributed by atoms with Crippen LogP contribution in [0.2, 0.25) is 18.1 Å². The quantitative estimate of drug-likeness (QED) is 0.584. The number of ether oxygens (including phenoxy) is 2. The molecule has 1 fully saturated rings. The van der Waals surface area contributed by atoms with Gasteiger partial charge in [0.1, 0.15) is 12.2 Å². The minimum atomic E-state index is -2.41. The molecule has 1 unspecified atom stereocenters. The lowest BCUT2D eigenvalue weighted by Crippen LogP contribution is -2.56. The number of rotatable bonds is 6. The molecule has 1 aromatic carbocycles. The lowest BCUT2D eigenvalue weighted by Gasteiger charge is -2.44. The van der Waals surface area contributed by atoms with Gasteiger partial charge in [-0.25, -0.2) is 9.59 Å². The topological polar surface area (TPSA) is 88.1 Å². The summed E-state index contributed by atoms with van der Waals surface area (Å²) in [4.78, 5) is 37.6. The van der Waals surface area contributed by atoms with Crippen LogP contribution in [0, 0.1) is 5.92 Å². The molecule has 1 aliphatic rings. The number of amides is 2. The van der Waals surface area contributed by atoms with E-state index in [0.29, 0.717) is 13.1 Å². The zero-order chi connectivity index (χ0) is 24.2. The Morgan fingerprint density at radius 3 is 2.34 bits per heavy atom. The van der Waals surface area contributed by atoms with Gasteiger partial charge in [-0.2, -0.15) is 0 Å². The smallest absolute Gasteiger partial charge is 0.410 e. The van der Waals surface area contributed by atoms with E-state index in [1.54, 1.807) is 4.90 Å². The van der Waals surface area contributed by atoms with Crippen LogP contribution in [0.5, 0.6) is 0 Å². The number of nitrogens with one attached hydrogen (secondary N) is 1. The second-order valence-corrected chi connectivity index (χ2v) is 15.4. The van der Waals surface area contributed by atoms with E-state index in [-0.39, 0.29) is 29.7 Å². The summed E-state index contributed by atoms with van der Waals surface area (Å²) in [6, 6.07) is 9.27. The number of alkyl carbamates (subject to hydrolysis) is 1. The monoisotopic (exact) mass is 464 g/mol. The van der Waals surface area contributed by atoms with Crippen molar-refractivity contribution in [2.24, 2.45) is 5.92 Å². The van der Waals surface area contributed by atoms with Crippen molar-refractivity contribution in [1.29, 1.82) is 0 Å². The molecule has 180 valence electrons. The zero-order valence-electron chi connectivity index (χ0n) is 20.6. The Morgan fingerprint density at radius 1 is 1.16 bits per heavy atom. The Morgan fingerprint density at radius 2 is 1.78 bits per heavy atom. The van der Waals surface area contributed by atoms with Crippen LogP contribution >= 0.6 is 0 Å². The molecule has 1 aliphatic heterocycles. The zero-order valence-corrected chi connectivity index (χ0v) is 21.6. The first-order valence-electron chi connectivity index (χ1n) is 11.4. The van der Waals surface area contributed by atoms with Gasteiger partial charge in [-0.3, -0.25) is 0 Å². The molecular formula is C24H40N2O5Si. The maximum absolute atomic E-state index is 12.7. The first-order valence-corrected chi connectivity index (χ1v) is 14.3. The van der Waals surface area contributed by atoms with Crippen LogP contribution in [0.1, 0.15) is 53.0 Å². The van der Waals surface area contributed by atoms with E-state index in [1.165, 1.54) is 0 Å². The van der Waals surface area contributed by atoms with Gasteiger partial charge in [0.05, 0.1) is 6.04 Å². The molecule has 0 aliphatic carbocycles. The van der Waals surface area contributed by atoms with Gasteiger partial charge in [-0.1, -0.05) is 44.2 Å². The van der Waals surface area contributed by atoms with Crippen LogP contribution in [0.4, 0.5) is 9.59 Å². The highest BCUT2D eigenvalue weighted by Gasteiger charge is 2.43. The van der Waals surface area contributed by atoms with Gasteiger partial charge in [0, 0.05) is 13.1 Å². The SMILES string of the molecule is CC(C)(C)OC(=O)NC1CN(C(=O)OCc2ccccc2)CC[C@@H]1CC(C)(C)[Si](C)(C)O. The van der Waals surface area contributed by atoms with Crippen molar-refractivity contribution in [3.05, 3.63) is 35.9 Å². The lowest BCUT2D eigenvalue weighted by atomic mass is 9.84. The summed E-state index contributed by atoms with van der Waals surface area (Å²) in [5.74, 6) is 0.120. The Labute approximate surface area is 193 Å². The summed E-state index contributed by atoms with van der Waals surface area (Å²) < 4.78 is 11.0. The summed E-state index contributed by atoms with van der Waals surface area (Å²) in [5, 5.41) is 2.75. The molecule has 1 aromatic rings. The molecule has 1 saturated heterocycles. The molecule has 2 N–H and O–H groups in total. The molecule has 0 saturated carbocycles. The number of hydrogen-bond acceptors (Lipinski definition) is 5. The second kappa shape index (κ2) is 10.3. The van der Waals surface area contributed by atoms with Crippen LogP contribution in [0.3, 0.4) is 0 Å². The molecule has 0 aromatic heterocycles. The fraction of sp³-hybridized carbons (Fsp3) is 0.667. The van der Waals surface area contributed by atoms with Gasteiger partial charge in [0.25, 0.3) is 0 Å². The summed E-state index contributed by atoms with van der Waals surface area (Å²) in [7, 11) is -2.41. The van der Waals surface area contributed by atoms with Crippen molar-refractivity contribution < 1.29 is 23.9 Å². The third-order valence-electron chi connectivity index (χ3n) is 6.35. The number of hydrogen-bond donors (Lipinski definition) is 2. The van der Waals surface area contributed by atoms with Crippen molar-refractivity contribution in [3.63, 3.8) is 0 Å². The van der Waals surface area contributed by atoms with Crippen molar-refractivity contribution in [3.8, 4) is 0 Å². The van der Waals surface area contributed by atoms with Crippen molar-refractivity contribution >= 4 is 20.5 Å². The Balaban J connectivity index is 2.08. The molecule has 32 heavy (non-hydrogen) atoms. The molecule has 1 heterocycles. The molecule has 2 atom stereocenters. The van der Waals surface area contributed by atoms with Crippen molar-refractivity contribution in [2.75, 3.05) is 13.1 Å². The molecule has 0 bridgehead atoms. The van der Waals surface area contributed by atoms with E-state index in [2.05, 4.69) is 19.2 Å². The van der Waals surface area contributed by atoms with Gasteiger partial charge in [0.15, 0.2) is 8.32 Å². The van der Waals surface area contributed by atoms with Crippen LogP contribution in [0.25, 0.3) is 0 Å². The average Bonchev–Trinajstić information content (AvgIpc) is 2.65. The Bertz CT molecular complexity index is 771. The highest BCUT2D eigenvalue weighted by atomic mass is 28.4. The average molecular weight is 465 g/mol. The van der Waals surface area contributed by atoms with Gasteiger partial charge in [-0.15, -0.1) is 0 Å². The number of carbonyl (C=O) groups excluding carboxylic acids is 2. The van der Waals surface area contributed by atoms with Crippen LogP contribution in [0.15, 0.2) is 30.3 Å². The molecule has 8 heteroatoms. The molecular weight excluding hydrogens is 424 g/mol. The fourth-order valence-corrected chi connectivity index (χ4v) is 4.51. The summed E-state index contributed by atoms with van der Waals surface area (Å²) in [6.45, 7) is 14.6. The Kier molecular flexibility index (Phi) is 8.39. The van der Waals surface area contributed by atoms with Gasteiger partial charge < -0.3 is 24.5 Å². The minimum absolute atomic E-state index is 0.120. The predicted molar refractivity (Wildman–Crippen MR) is 128 cm³/mol. The number of carbonyl (C=O) groups is 2. The normalized spacial score (nSPS) is 19.9. The third kappa shape index (κ3) is 7.81. The maximum atomic E-state index is 12.7. The van der Waals surface area contributed by atoms with E-state index in [9.17, 15) is 14.4 Å². The number of piperidine rings is 1. The summed E-state index contributed by atoms with van der Waals surface area (Å²) >= 11 is 0. The Hall–Kier alpha value is -2.06.